The van der Waals surface area contributed by atoms with Crippen LogP contribution in [0.25, 0.3) is 0 Å². The predicted octanol–water partition coefficient (Wildman–Crippen LogP) is 2.66. The van der Waals surface area contributed by atoms with Gasteiger partial charge in [-0.2, -0.15) is 5.10 Å². The lowest BCUT2D eigenvalue weighted by Gasteiger charge is -2.29. The largest absolute Gasteiger partial charge is 0.395 e. The SMILES string of the molecule is Nc1c(C(=O)N2CCCC2C2CCCC2)n[nH]c1C1CC1. The normalized spacial score (nSPS) is 26.7. The van der Waals surface area contributed by atoms with Crippen LogP contribution < -0.4 is 5.73 Å². The number of hydrogen-bond donors (Lipinski definition) is 2. The number of anilines is 1. The van der Waals surface area contributed by atoms with Gasteiger partial charge in [0, 0.05) is 18.5 Å². The summed E-state index contributed by atoms with van der Waals surface area (Å²) in [4.78, 5) is 14.9. The van der Waals surface area contributed by atoms with Gasteiger partial charge < -0.3 is 10.6 Å². The molecule has 0 radical (unpaired) electrons. The molecule has 1 aromatic rings. The van der Waals surface area contributed by atoms with Crippen LogP contribution in [0.3, 0.4) is 0 Å². The van der Waals surface area contributed by atoms with Crippen molar-refractivity contribution in [2.45, 2.75) is 63.3 Å². The van der Waals surface area contributed by atoms with Crippen LogP contribution in [0.1, 0.15) is 73.5 Å². The molecule has 1 atom stereocenters. The number of amides is 1. The number of aromatic amines is 1. The molecule has 0 spiro atoms. The van der Waals surface area contributed by atoms with Crippen molar-refractivity contribution in [3.63, 3.8) is 0 Å². The van der Waals surface area contributed by atoms with E-state index < -0.39 is 0 Å². The second kappa shape index (κ2) is 5.04. The Hall–Kier alpha value is -1.52. The van der Waals surface area contributed by atoms with Crippen LogP contribution in [0, 0.1) is 5.92 Å². The third-order valence-corrected chi connectivity index (χ3v) is 5.53. The van der Waals surface area contributed by atoms with E-state index >= 15 is 0 Å². The van der Waals surface area contributed by atoms with Crippen LogP contribution in [0.5, 0.6) is 0 Å². The molecule has 0 bridgehead atoms. The van der Waals surface area contributed by atoms with E-state index in [0.29, 0.717) is 29.3 Å². The highest BCUT2D eigenvalue weighted by Crippen LogP contribution is 2.43. The van der Waals surface area contributed by atoms with E-state index in [1.807, 2.05) is 0 Å². The van der Waals surface area contributed by atoms with E-state index in [0.717, 1.165) is 37.9 Å². The number of carbonyl (C=O) groups is 1. The molecule has 4 rings (SSSR count). The number of carbonyl (C=O) groups excluding carboxylic acids is 1. The maximum absolute atomic E-state index is 12.9. The summed E-state index contributed by atoms with van der Waals surface area (Å²) in [6.45, 7) is 0.866. The van der Waals surface area contributed by atoms with Crippen molar-refractivity contribution < 1.29 is 4.79 Å². The number of rotatable bonds is 3. The summed E-state index contributed by atoms with van der Waals surface area (Å²) in [5.41, 5.74) is 8.21. The van der Waals surface area contributed by atoms with Crippen molar-refractivity contribution in [1.82, 2.24) is 15.1 Å². The van der Waals surface area contributed by atoms with Gasteiger partial charge >= 0.3 is 0 Å². The highest BCUT2D eigenvalue weighted by Gasteiger charge is 2.38. The number of hydrogen-bond acceptors (Lipinski definition) is 3. The first-order chi connectivity index (χ1) is 10.3. The quantitative estimate of drug-likeness (QED) is 0.898. The number of nitrogen functional groups attached to an aromatic ring is 1. The fourth-order valence-corrected chi connectivity index (χ4v) is 4.22. The molecule has 1 aromatic heterocycles. The second-order valence-corrected chi connectivity index (χ2v) is 6.93. The fraction of sp³-hybridized carbons (Fsp3) is 0.750. The number of H-pyrrole nitrogens is 1. The van der Waals surface area contributed by atoms with Crippen molar-refractivity contribution in [3.05, 3.63) is 11.4 Å². The van der Waals surface area contributed by atoms with Crippen molar-refractivity contribution in [3.8, 4) is 0 Å². The zero-order valence-corrected chi connectivity index (χ0v) is 12.5. The van der Waals surface area contributed by atoms with Gasteiger partial charge in [-0.05, 0) is 44.4 Å². The van der Waals surface area contributed by atoms with Crippen LogP contribution in [0.2, 0.25) is 0 Å². The summed E-state index contributed by atoms with van der Waals surface area (Å²) in [5, 5.41) is 7.24. The van der Waals surface area contributed by atoms with Gasteiger partial charge in [0.25, 0.3) is 5.91 Å². The Balaban J connectivity index is 1.55. The van der Waals surface area contributed by atoms with E-state index in [1.165, 1.54) is 25.7 Å². The van der Waals surface area contributed by atoms with E-state index in [1.54, 1.807) is 0 Å². The Bertz CT molecular complexity index is 542. The van der Waals surface area contributed by atoms with Gasteiger partial charge in [0.05, 0.1) is 11.4 Å². The molecule has 3 fully saturated rings. The standard InChI is InChI=1S/C16H24N4O/c17-13-14(11-7-8-11)18-19-15(13)16(21)20-9-3-6-12(20)10-4-1-2-5-10/h10-12H,1-9,17H2,(H,18,19). The van der Waals surface area contributed by atoms with Crippen molar-refractivity contribution >= 4 is 11.6 Å². The van der Waals surface area contributed by atoms with Crippen LogP contribution in [-0.2, 0) is 0 Å². The first-order valence-electron chi connectivity index (χ1n) is 8.40. The molecule has 5 heteroatoms. The molecule has 1 amide bonds. The molecule has 2 heterocycles. The summed E-state index contributed by atoms with van der Waals surface area (Å²) in [6.07, 6.45) is 9.78. The first-order valence-corrected chi connectivity index (χ1v) is 8.40. The predicted molar refractivity (Wildman–Crippen MR) is 81.0 cm³/mol. The minimum Gasteiger partial charge on any atom is -0.395 e. The number of nitrogens with zero attached hydrogens (tertiary/aromatic N) is 2. The third kappa shape index (κ3) is 2.23. The van der Waals surface area contributed by atoms with Gasteiger partial charge in [-0.3, -0.25) is 9.89 Å². The molecule has 21 heavy (non-hydrogen) atoms. The Kier molecular flexibility index (Phi) is 3.16. The van der Waals surface area contributed by atoms with E-state index in [4.69, 9.17) is 5.73 Å². The maximum atomic E-state index is 12.9. The first kappa shape index (κ1) is 13.2. The summed E-state index contributed by atoms with van der Waals surface area (Å²) in [7, 11) is 0. The number of likely N-dealkylation sites (tertiary alicyclic amines) is 1. The summed E-state index contributed by atoms with van der Waals surface area (Å²) < 4.78 is 0. The molecule has 1 saturated heterocycles. The van der Waals surface area contributed by atoms with Gasteiger partial charge in [0.1, 0.15) is 0 Å². The Morgan fingerprint density at radius 3 is 2.62 bits per heavy atom. The highest BCUT2D eigenvalue weighted by atomic mass is 16.2. The Labute approximate surface area is 125 Å². The average molecular weight is 288 g/mol. The number of aromatic nitrogens is 2. The van der Waals surface area contributed by atoms with Gasteiger partial charge in [-0.25, -0.2) is 0 Å². The molecule has 1 aliphatic heterocycles. The van der Waals surface area contributed by atoms with Gasteiger partial charge in [0.15, 0.2) is 5.69 Å². The molecule has 3 N–H and O–H groups in total. The molecule has 5 nitrogen and oxygen atoms in total. The van der Waals surface area contributed by atoms with Crippen LogP contribution in [0.15, 0.2) is 0 Å². The van der Waals surface area contributed by atoms with Gasteiger partial charge in [-0.1, -0.05) is 12.8 Å². The monoisotopic (exact) mass is 288 g/mol. The third-order valence-electron chi connectivity index (χ3n) is 5.53. The van der Waals surface area contributed by atoms with Crippen LogP contribution in [-0.4, -0.2) is 33.6 Å². The molecular formula is C16H24N4O. The van der Waals surface area contributed by atoms with Crippen molar-refractivity contribution in [2.24, 2.45) is 5.92 Å². The average Bonchev–Trinajstić information content (AvgIpc) is 2.94. The summed E-state index contributed by atoms with van der Waals surface area (Å²) in [6, 6.07) is 0.417. The molecule has 1 unspecified atom stereocenters. The zero-order chi connectivity index (χ0) is 14.4. The van der Waals surface area contributed by atoms with Crippen LogP contribution in [0.4, 0.5) is 5.69 Å². The lowest BCUT2D eigenvalue weighted by atomic mass is 9.96. The molecule has 2 saturated carbocycles. The smallest absolute Gasteiger partial charge is 0.276 e. The maximum Gasteiger partial charge on any atom is 0.276 e. The lowest BCUT2D eigenvalue weighted by Crippen LogP contribution is -2.39. The summed E-state index contributed by atoms with van der Waals surface area (Å²) >= 11 is 0. The van der Waals surface area contributed by atoms with Crippen LogP contribution >= 0.6 is 0 Å². The number of nitrogens with one attached hydrogen (secondary N) is 1. The zero-order valence-electron chi connectivity index (χ0n) is 12.5. The minimum atomic E-state index is 0.0463. The van der Waals surface area contributed by atoms with Gasteiger partial charge in [0.2, 0.25) is 0 Å². The highest BCUT2D eigenvalue weighted by molar-refractivity contribution is 5.98. The second-order valence-electron chi connectivity index (χ2n) is 6.93. The fourth-order valence-electron chi connectivity index (χ4n) is 4.22. The van der Waals surface area contributed by atoms with E-state index in [2.05, 4.69) is 15.1 Å². The van der Waals surface area contributed by atoms with E-state index in [-0.39, 0.29) is 5.91 Å². The minimum absolute atomic E-state index is 0.0463. The summed E-state index contributed by atoms with van der Waals surface area (Å²) in [5.74, 6) is 1.24. The van der Waals surface area contributed by atoms with Gasteiger partial charge in [-0.15, -0.1) is 0 Å². The molecular weight excluding hydrogens is 264 g/mol. The topological polar surface area (TPSA) is 75.0 Å². The van der Waals surface area contributed by atoms with Crippen molar-refractivity contribution in [2.75, 3.05) is 12.3 Å². The lowest BCUT2D eigenvalue weighted by molar-refractivity contribution is 0.0684. The number of nitrogens with two attached hydrogens (primary N) is 1. The Morgan fingerprint density at radius 1 is 1.14 bits per heavy atom. The van der Waals surface area contributed by atoms with Crippen molar-refractivity contribution in [1.29, 1.82) is 0 Å². The van der Waals surface area contributed by atoms with E-state index in [9.17, 15) is 4.79 Å². The molecule has 0 aromatic carbocycles. The molecule has 114 valence electrons. The molecule has 3 aliphatic rings. The Morgan fingerprint density at radius 2 is 1.90 bits per heavy atom. The molecule has 2 aliphatic carbocycles.